The molecule has 5 heteroatoms. The standard InChI is InChI=1S/C20H24FNO2S/c1-15-6-11-19(24-3)16(13-15)14-22(2)20(23)5-4-12-25-18-9-7-17(21)8-10-18/h6-11,13H,4-5,12,14H2,1-3H3. The largest absolute Gasteiger partial charge is 0.496 e. The Hall–Kier alpha value is -2.01. The van der Waals surface area contributed by atoms with Crippen molar-refractivity contribution >= 4 is 17.7 Å². The average molecular weight is 361 g/mol. The number of ether oxygens (including phenoxy) is 1. The Kier molecular flexibility index (Phi) is 7.31. The minimum Gasteiger partial charge on any atom is -0.496 e. The number of carbonyl (C=O) groups excluding carboxylic acids is 1. The van der Waals surface area contributed by atoms with Crippen LogP contribution >= 0.6 is 11.8 Å². The van der Waals surface area contributed by atoms with Crippen molar-refractivity contribution in [2.24, 2.45) is 0 Å². The summed E-state index contributed by atoms with van der Waals surface area (Å²) in [6.07, 6.45) is 1.29. The van der Waals surface area contributed by atoms with E-state index in [2.05, 4.69) is 0 Å². The van der Waals surface area contributed by atoms with E-state index in [1.807, 2.05) is 32.2 Å². The molecule has 0 radical (unpaired) electrons. The summed E-state index contributed by atoms with van der Waals surface area (Å²) in [6, 6.07) is 12.4. The monoisotopic (exact) mass is 361 g/mol. The maximum atomic E-state index is 12.9. The molecule has 2 aromatic rings. The van der Waals surface area contributed by atoms with E-state index in [9.17, 15) is 9.18 Å². The molecule has 0 unspecified atom stereocenters. The van der Waals surface area contributed by atoms with Gasteiger partial charge in [-0.3, -0.25) is 4.79 Å². The van der Waals surface area contributed by atoms with Crippen LogP contribution in [0.3, 0.4) is 0 Å². The predicted molar refractivity (Wildman–Crippen MR) is 101 cm³/mol. The van der Waals surface area contributed by atoms with E-state index in [-0.39, 0.29) is 11.7 Å². The number of thioether (sulfide) groups is 1. The second-order valence-electron chi connectivity index (χ2n) is 5.97. The van der Waals surface area contributed by atoms with Gasteiger partial charge in [-0.25, -0.2) is 4.39 Å². The fourth-order valence-corrected chi connectivity index (χ4v) is 3.36. The number of halogens is 1. The summed E-state index contributed by atoms with van der Waals surface area (Å²) in [5.74, 6) is 1.52. The number of carbonyl (C=O) groups is 1. The number of rotatable bonds is 8. The highest BCUT2D eigenvalue weighted by Gasteiger charge is 2.12. The smallest absolute Gasteiger partial charge is 0.222 e. The van der Waals surface area contributed by atoms with Gasteiger partial charge in [0.15, 0.2) is 0 Å². The molecule has 0 fully saturated rings. The molecular weight excluding hydrogens is 337 g/mol. The summed E-state index contributed by atoms with van der Waals surface area (Å²) in [4.78, 5) is 15.1. The van der Waals surface area contributed by atoms with E-state index in [1.54, 1.807) is 35.9 Å². The quantitative estimate of drug-likeness (QED) is 0.505. The number of hydrogen-bond donors (Lipinski definition) is 0. The third-order valence-corrected chi connectivity index (χ3v) is 4.98. The van der Waals surface area contributed by atoms with Gasteiger partial charge in [0.25, 0.3) is 0 Å². The first-order valence-corrected chi connectivity index (χ1v) is 9.24. The molecule has 0 saturated carbocycles. The lowest BCUT2D eigenvalue weighted by atomic mass is 10.1. The highest BCUT2D eigenvalue weighted by Crippen LogP contribution is 2.22. The van der Waals surface area contributed by atoms with Crippen molar-refractivity contribution in [1.82, 2.24) is 4.90 Å². The molecule has 0 aliphatic rings. The molecule has 3 nitrogen and oxygen atoms in total. The number of aryl methyl sites for hydroxylation is 1. The number of amides is 1. The first-order valence-electron chi connectivity index (χ1n) is 8.25. The molecule has 1 amide bonds. The molecule has 0 spiro atoms. The zero-order valence-corrected chi connectivity index (χ0v) is 15.7. The highest BCUT2D eigenvalue weighted by atomic mass is 32.2. The van der Waals surface area contributed by atoms with Crippen LogP contribution < -0.4 is 4.74 Å². The van der Waals surface area contributed by atoms with E-state index >= 15 is 0 Å². The number of nitrogens with zero attached hydrogens (tertiary/aromatic N) is 1. The maximum absolute atomic E-state index is 12.9. The molecule has 0 N–H and O–H groups in total. The van der Waals surface area contributed by atoms with Crippen LogP contribution in [0.1, 0.15) is 24.0 Å². The molecule has 2 aromatic carbocycles. The van der Waals surface area contributed by atoms with Crippen molar-refractivity contribution in [2.45, 2.75) is 31.2 Å². The first-order chi connectivity index (χ1) is 12.0. The molecule has 25 heavy (non-hydrogen) atoms. The van der Waals surface area contributed by atoms with Gasteiger partial charge in [-0.2, -0.15) is 0 Å². The van der Waals surface area contributed by atoms with E-state index in [0.29, 0.717) is 13.0 Å². The third-order valence-electron chi connectivity index (χ3n) is 3.89. The van der Waals surface area contributed by atoms with Crippen LogP contribution in [0.25, 0.3) is 0 Å². The summed E-state index contributed by atoms with van der Waals surface area (Å²) < 4.78 is 18.2. The molecule has 2 rings (SSSR count). The highest BCUT2D eigenvalue weighted by molar-refractivity contribution is 7.99. The summed E-state index contributed by atoms with van der Waals surface area (Å²) in [5, 5.41) is 0. The van der Waals surface area contributed by atoms with Gasteiger partial charge in [0, 0.05) is 30.5 Å². The summed E-state index contributed by atoms with van der Waals surface area (Å²) >= 11 is 1.64. The van der Waals surface area contributed by atoms with Crippen LogP contribution in [0.2, 0.25) is 0 Å². The third kappa shape index (κ3) is 6.09. The second-order valence-corrected chi connectivity index (χ2v) is 7.14. The van der Waals surface area contributed by atoms with Crippen LogP contribution in [-0.4, -0.2) is 30.7 Å². The van der Waals surface area contributed by atoms with Gasteiger partial charge in [0.1, 0.15) is 11.6 Å². The molecule has 0 saturated heterocycles. The minimum atomic E-state index is -0.229. The van der Waals surface area contributed by atoms with Gasteiger partial charge in [-0.1, -0.05) is 17.7 Å². The van der Waals surface area contributed by atoms with E-state index in [0.717, 1.165) is 33.9 Å². The fourth-order valence-electron chi connectivity index (χ4n) is 2.51. The molecule has 0 heterocycles. The Morgan fingerprint density at radius 1 is 1.20 bits per heavy atom. The molecule has 134 valence electrons. The van der Waals surface area contributed by atoms with E-state index < -0.39 is 0 Å². The summed E-state index contributed by atoms with van der Waals surface area (Å²) in [6.45, 7) is 2.56. The first kappa shape index (κ1) is 19.3. The topological polar surface area (TPSA) is 29.5 Å². The molecular formula is C20H24FNO2S. The average Bonchev–Trinajstić information content (AvgIpc) is 2.60. The van der Waals surface area contributed by atoms with Crippen molar-refractivity contribution in [2.75, 3.05) is 19.9 Å². The number of hydrogen-bond acceptors (Lipinski definition) is 3. The van der Waals surface area contributed by atoms with Crippen LogP contribution in [-0.2, 0) is 11.3 Å². The van der Waals surface area contributed by atoms with Gasteiger partial charge < -0.3 is 9.64 Å². The SMILES string of the molecule is COc1ccc(C)cc1CN(C)C(=O)CCCSc1ccc(F)cc1. The molecule has 0 atom stereocenters. The van der Waals surface area contributed by atoms with Crippen LogP contribution in [0, 0.1) is 12.7 Å². The molecule has 0 aromatic heterocycles. The number of methoxy groups -OCH3 is 1. The van der Waals surface area contributed by atoms with Gasteiger partial charge >= 0.3 is 0 Å². The Morgan fingerprint density at radius 3 is 2.60 bits per heavy atom. The van der Waals surface area contributed by atoms with Gasteiger partial charge in [-0.15, -0.1) is 11.8 Å². The van der Waals surface area contributed by atoms with Crippen molar-refractivity contribution in [1.29, 1.82) is 0 Å². The zero-order chi connectivity index (χ0) is 18.2. The second kappa shape index (κ2) is 9.47. The number of benzene rings is 2. The Balaban J connectivity index is 1.78. The Bertz CT molecular complexity index is 703. The molecule has 0 aliphatic carbocycles. The van der Waals surface area contributed by atoms with Crippen molar-refractivity contribution in [3.8, 4) is 5.75 Å². The Morgan fingerprint density at radius 2 is 1.92 bits per heavy atom. The molecule has 0 bridgehead atoms. The summed E-state index contributed by atoms with van der Waals surface area (Å²) in [7, 11) is 3.46. The fraction of sp³-hybridized carbons (Fsp3) is 0.350. The normalized spacial score (nSPS) is 10.6. The predicted octanol–water partition coefficient (Wildman–Crippen LogP) is 4.67. The maximum Gasteiger partial charge on any atom is 0.222 e. The van der Waals surface area contributed by atoms with Gasteiger partial charge in [0.05, 0.1) is 7.11 Å². The Labute approximate surface area is 153 Å². The van der Waals surface area contributed by atoms with Gasteiger partial charge in [0.2, 0.25) is 5.91 Å². The zero-order valence-electron chi connectivity index (χ0n) is 14.9. The molecule has 0 aliphatic heterocycles. The lowest BCUT2D eigenvalue weighted by Gasteiger charge is -2.19. The van der Waals surface area contributed by atoms with Gasteiger partial charge in [-0.05, 0) is 49.4 Å². The van der Waals surface area contributed by atoms with Crippen LogP contribution in [0.4, 0.5) is 4.39 Å². The summed E-state index contributed by atoms with van der Waals surface area (Å²) in [5.41, 5.74) is 2.16. The van der Waals surface area contributed by atoms with Crippen molar-refractivity contribution in [3.63, 3.8) is 0 Å². The van der Waals surface area contributed by atoms with E-state index in [1.165, 1.54) is 12.1 Å². The lowest BCUT2D eigenvalue weighted by Crippen LogP contribution is -2.26. The van der Waals surface area contributed by atoms with E-state index in [4.69, 9.17) is 4.74 Å². The minimum absolute atomic E-state index is 0.114. The van der Waals surface area contributed by atoms with Crippen molar-refractivity contribution in [3.05, 3.63) is 59.4 Å². The lowest BCUT2D eigenvalue weighted by molar-refractivity contribution is -0.130. The van der Waals surface area contributed by atoms with Crippen LogP contribution in [0.5, 0.6) is 5.75 Å². The van der Waals surface area contributed by atoms with Crippen LogP contribution in [0.15, 0.2) is 47.4 Å². The van der Waals surface area contributed by atoms with Crippen molar-refractivity contribution < 1.29 is 13.9 Å².